The number of urea groups is 1. The quantitative estimate of drug-likeness (QED) is 0.692. The average Bonchev–Trinajstić information content (AvgIpc) is 3.05. The molecule has 1 N–H and O–H groups in total. The molecular formula is C23H22ClN5O4. The summed E-state index contributed by atoms with van der Waals surface area (Å²) in [5, 5.41) is 4.70. The lowest BCUT2D eigenvalue weighted by atomic mass is 10.1. The molecular weight excluding hydrogens is 446 g/mol. The van der Waals surface area contributed by atoms with Gasteiger partial charge in [0.2, 0.25) is 5.91 Å². The molecule has 2 aromatic carbocycles. The van der Waals surface area contributed by atoms with Crippen LogP contribution in [0.5, 0.6) is 0 Å². The Kier molecular flexibility index (Phi) is 5.51. The summed E-state index contributed by atoms with van der Waals surface area (Å²) in [7, 11) is 0. The maximum atomic E-state index is 13.0. The Morgan fingerprint density at radius 3 is 2.21 bits per heavy atom. The van der Waals surface area contributed by atoms with Gasteiger partial charge in [-0.3, -0.25) is 24.6 Å². The third kappa shape index (κ3) is 4.05. The van der Waals surface area contributed by atoms with Gasteiger partial charge in [0.25, 0.3) is 11.8 Å². The molecule has 5 amide bonds. The Morgan fingerprint density at radius 1 is 0.818 bits per heavy atom. The number of hydrazine groups is 1. The largest absolute Gasteiger partial charge is 0.369 e. The van der Waals surface area contributed by atoms with Gasteiger partial charge in [0.15, 0.2) is 0 Å². The van der Waals surface area contributed by atoms with E-state index in [1.165, 1.54) is 0 Å². The number of piperazine rings is 1. The van der Waals surface area contributed by atoms with Gasteiger partial charge in [-0.2, -0.15) is 5.01 Å². The van der Waals surface area contributed by atoms with Crippen molar-refractivity contribution in [1.29, 1.82) is 0 Å². The number of hydrogen-bond acceptors (Lipinski definition) is 6. The molecule has 9 nitrogen and oxygen atoms in total. The van der Waals surface area contributed by atoms with Crippen molar-refractivity contribution in [2.45, 2.75) is 13.0 Å². The highest BCUT2D eigenvalue weighted by Gasteiger charge is 2.43. The summed E-state index contributed by atoms with van der Waals surface area (Å²) in [5.41, 5.74) is 2.61. The first kappa shape index (κ1) is 21.4. The summed E-state index contributed by atoms with van der Waals surface area (Å²) >= 11 is 5.98. The van der Waals surface area contributed by atoms with E-state index >= 15 is 0 Å². The molecule has 3 heterocycles. The first-order valence-electron chi connectivity index (χ1n) is 10.8. The van der Waals surface area contributed by atoms with Crippen molar-refractivity contribution in [3.05, 3.63) is 64.2 Å². The van der Waals surface area contributed by atoms with Gasteiger partial charge < -0.3 is 4.90 Å². The second kappa shape index (κ2) is 8.49. The molecule has 33 heavy (non-hydrogen) atoms. The normalized spacial score (nSPS) is 19.2. The number of anilines is 1. The summed E-state index contributed by atoms with van der Waals surface area (Å²) in [6.07, 6.45) is 0.0341. The zero-order valence-corrected chi connectivity index (χ0v) is 18.5. The minimum Gasteiger partial charge on any atom is -0.369 e. The molecule has 0 saturated carbocycles. The lowest BCUT2D eigenvalue weighted by Gasteiger charge is -2.36. The van der Waals surface area contributed by atoms with Crippen molar-refractivity contribution in [1.82, 2.24) is 20.2 Å². The monoisotopic (exact) mass is 467 g/mol. The van der Waals surface area contributed by atoms with Crippen LogP contribution in [0.2, 0.25) is 5.02 Å². The Morgan fingerprint density at radius 2 is 1.52 bits per heavy atom. The lowest BCUT2D eigenvalue weighted by molar-refractivity contribution is -0.122. The van der Waals surface area contributed by atoms with Gasteiger partial charge in [0, 0.05) is 49.9 Å². The zero-order chi connectivity index (χ0) is 23.1. The maximum Gasteiger partial charge on any atom is 0.343 e. The van der Waals surface area contributed by atoms with Gasteiger partial charge in [0.05, 0.1) is 17.7 Å². The SMILES string of the molecule is O=C1CCN(N2C(=O)c3ccc(CN4CCN(c5ccc(Cl)cc5)CC4)cc3C2=O)C(=O)N1. The van der Waals surface area contributed by atoms with Crippen molar-refractivity contribution < 1.29 is 19.2 Å². The fourth-order valence-corrected chi connectivity index (χ4v) is 4.54. The van der Waals surface area contributed by atoms with Crippen molar-refractivity contribution in [3.8, 4) is 0 Å². The number of benzene rings is 2. The van der Waals surface area contributed by atoms with Gasteiger partial charge >= 0.3 is 6.03 Å². The predicted molar refractivity (Wildman–Crippen MR) is 121 cm³/mol. The number of fused-ring (bicyclic) bond motifs is 1. The smallest absolute Gasteiger partial charge is 0.343 e. The molecule has 3 aliphatic heterocycles. The summed E-state index contributed by atoms with van der Waals surface area (Å²) in [4.78, 5) is 53.9. The van der Waals surface area contributed by atoms with Crippen molar-refractivity contribution in [3.63, 3.8) is 0 Å². The van der Waals surface area contributed by atoms with E-state index in [0.717, 1.165) is 52.5 Å². The fraction of sp³-hybridized carbons (Fsp3) is 0.304. The summed E-state index contributed by atoms with van der Waals surface area (Å²) in [6, 6.07) is 12.3. The van der Waals surface area contributed by atoms with E-state index in [1.807, 2.05) is 30.3 Å². The van der Waals surface area contributed by atoms with Gasteiger partial charge in [-0.15, -0.1) is 0 Å². The predicted octanol–water partition coefficient (Wildman–Crippen LogP) is 2.12. The first-order chi connectivity index (χ1) is 15.9. The van der Waals surface area contributed by atoms with E-state index in [0.29, 0.717) is 6.54 Å². The number of carbonyl (C=O) groups excluding carboxylic acids is 4. The highest BCUT2D eigenvalue weighted by atomic mass is 35.5. The molecule has 0 aromatic heterocycles. The molecule has 0 unspecified atom stereocenters. The van der Waals surface area contributed by atoms with Gasteiger partial charge in [-0.1, -0.05) is 17.7 Å². The van der Waals surface area contributed by atoms with Crippen LogP contribution in [0, 0.1) is 0 Å². The standard InChI is InChI=1S/C23H22ClN5O4/c24-16-2-4-17(5-3-16)27-11-9-26(10-12-27)14-15-1-6-18-19(13-15)22(32)29(21(18)31)28-8-7-20(30)25-23(28)33/h1-6,13H,7-12,14H2,(H,25,30,33). The third-order valence-electron chi connectivity index (χ3n) is 6.17. The highest BCUT2D eigenvalue weighted by molar-refractivity contribution is 6.30. The first-order valence-corrected chi connectivity index (χ1v) is 11.1. The van der Waals surface area contributed by atoms with Crippen LogP contribution in [0.1, 0.15) is 32.7 Å². The van der Waals surface area contributed by atoms with E-state index in [4.69, 9.17) is 11.6 Å². The van der Waals surface area contributed by atoms with Crippen LogP contribution in [0.25, 0.3) is 0 Å². The minimum absolute atomic E-state index is 0.0130. The highest BCUT2D eigenvalue weighted by Crippen LogP contribution is 2.27. The molecule has 2 fully saturated rings. The van der Waals surface area contributed by atoms with Gasteiger partial charge in [-0.25, -0.2) is 9.80 Å². The van der Waals surface area contributed by atoms with Gasteiger partial charge in [-0.05, 0) is 42.0 Å². The Balaban J connectivity index is 1.25. The molecule has 0 aliphatic carbocycles. The molecule has 170 valence electrons. The van der Waals surface area contributed by atoms with E-state index in [-0.39, 0.29) is 24.1 Å². The number of carbonyl (C=O) groups is 4. The molecule has 0 radical (unpaired) electrons. The third-order valence-corrected chi connectivity index (χ3v) is 6.42. The maximum absolute atomic E-state index is 13.0. The molecule has 3 aliphatic rings. The van der Waals surface area contributed by atoms with Crippen LogP contribution in [-0.4, -0.2) is 71.4 Å². The zero-order valence-electron chi connectivity index (χ0n) is 17.8. The van der Waals surface area contributed by atoms with Gasteiger partial charge in [0.1, 0.15) is 0 Å². The van der Waals surface area contributed by atoms with Crippen LogP contribution < -0.4 is 10.2 Å². The van der Waals surface area contributed by atoms with Crippen LogP contribution >= 0.6 is 11.6 Å². The number of hydrogen-bond donors (Lipinski definition) is 1. The van der Waals surface area contributed by atoms with E-state index < -0.39 is 23.8 Å². The molecule has 0 atom stereocenters. The number of rotatable bonds is 4. The summed E-state index contributed by atoms with van der Waals surface area (Å²) in [6.45, 7) is 4.12. The Bertz CT molecular complexity index is 1140. The van der Waals surface area contributed by atoms with Crippen molar-refractivity contribution in [2.75, 3.05) is 37.6 Å². The summed E-state index contributed by atoms with van der Waals surface area (Å²) in [5.74, 6) is -1.53. The van der Waals surface area contributed by atoms with E-state index in [9.17, 15) is 19.2 Å². The van der Waals surface area contributed by atoms with Crippen LogP contribution in [0.4, 0.5) is 10.5 Å². The minimum atomic E-state index is -0.764. The van der Waals surface area contributed by atoms with Crippen molar-refractivity contribution >= 4 is 41.0 Å². The topological polar surface area (TPSA) is 93.3 Å². The molecule has 2 saturated heterocycles. The second-order valence-electron chi connectivity index (χ2n) is 8.27. The number of amides is 5. The molecule has 2 aromatic rings. The average molecular weight is 468 g/mol. The number of nitrogens with zero attached hydrogens (tertiary/aromatic N) is 4. The number of imide groups is 2. The molecule has 0 spiro atoms. The van der Waals surface area contributed by atoms with E-state index in [2.05, 4.69) is 15.1 Å². The van der Waals surface area contributed by atoms with Crippen LogP contribution in [-0.2, 0) is 11.3 Å². The molecule has 5 rings (SSSR count). The number of halogens is 1. The van der Waals surface area contributed by atoms with Crippen LogP contribution in [0.15, 0.2) is 42.5 Å². The molecule has 0 bridgehead atoms. The van der Waals surface area contributed by atoms with Crippen molar-refractivity contribution in [2.24, 2.45) is 0 Å². The number of nitrogens with one attached hydrogen (secondary N) is 1. The Hall–Kier alpha value is -3.43. The van der Waals surface area contributed by atoms with Crippen LogP contribution in [0.3, 0.4) is 0 Å². The second-order valence-corrected chi connectivity index (χ2v) is 8.70. The summed E-state index contributed by atoms with van der Waals surface area (Å²) < 4.78 is 0. The Labute approximate surface area is 195 Å². The fourth-order valence-electron chi connectivity index (χ4n) is 4.41. The molecule has 10 heteroatoms. The lowest BCUT2D eigenvalue weighted by Crippen LogP contribution is -2.58. The van der Waals surface area contributed by atoms with E-state index in [1.54, 1.807) is 12.1 Å².